The van der Waals surface area contributed by atoms with Gasteiger partial charge < -0.3 is 0 Å². The number of ether oxygens (including phenoxy) is 1. The van der Waals surface area contributed by atoms with Gasteiger partial charge in [0.25, 0.3) is 0 Å². The van der Waals surface area contributed by atoms with Crippen molar-refractivity contribution in [3.63, 3.8) is 0 Å². The predicted octanol–water partition coefficient (Wildman–Crippen LogP) is 5.06. The number of anilines is 1. The van der Waals surface area contributed by atoms with Gasteiger partial charge in [0.15, 0.2) is 0 Å². The molecule has 0 unspecified atom stereocenters. The first-order chi connectivity index (χ1) is 14.9. The molecule has 0 amide bonds. The van der Waals surface area contributed by atoms with E-state index in [0.717, 1.165) is 43.0 Å². The van der Waals surface area contributed by atoms with Gasteiger partial charge >= 0.3 is 197 Å². The fourth-order valence-corrected chi connectivity index (χ4v) is 15.0. The number of hydrogen-bond donors (Lipinski definition) is 1. The molecule has 0 radical (unpaired) electrons. The van der Waals surface area contributed by atoms with Gasteiger partial charge in [-0.25, -0.2) is 0 Å². The Morgan fingerprint density at radius 1 is 1.16 bits per heavy atom. The zero-order valence-corrected chi connectivity index (χ0v) is 21.0. The molecule has 1 atom stereocenters. The van der Waals surface area contributed by atoms with Crippen molar-refractivity contribution in [3.8, 4) is 0 Å². The van der Waals surface area contributed by atoms with Crippen LogP contribution >= 0.6 is 31.4 Å². The normalized spacial score (nSPS) is 17.8. The summed E-state index contributed by atoms with van der Waals surface area (Å²) in [5, 5.41) is 0.303. The Morgan fingerprint density at radius 3 is 2.71 bits per heavy atom. The Balaban J connectivity index is 1.47. The summed E-state index contributed by atoms with van der Waals surface area (Å²) in [5.41, 5.74) is 1.66. The Morgan fingerprint density at radius 2 is 1.97 bits per heavy atom. The van der Waals surface area contributed by atoms with Crippen LogP contribution in [0, 0.1) is 0 Å². The predicted molar refractivity (Wildman–Crippen MR) is 134 cm³/mol. The molecule has 0 aliphatic carbocycles. The number of pyridine rings is 1. The third kappa shape index (κ3) is 8.23. The Bertz CT molecular complexity index is 942. The van der Waals surface area contributed by atoms with E-state index in [4.69, 9.17) is 16.3 Å². The molecular formula is C22H28ClIN2O4S. The summed E-state index contributed by atoms with van der Waals surface area (Å²) in [4.78, 5) is 16.6. The number of sulfonamides is 1. The van der Waals surface area contributed by atoms with E-state index in [1.807, 2.05) is 18.2 Å². The van der Waals surface area contributed by atoms with Gasteiger partial charge in [-0.05, 0) is 0 Å². The quantitative estimate of drug-likeness (QED) is 0.140. The summed E-state index contributed by atoms with van der Waals surface area (Å²) < 4.78 is 34.2. The molecule has 0 saturated carbocycles. The number of aromatic nitrogens is 1. The van der Waals surface area contributed by atoms with Gasteiger partial charge in [-0.15, -0.1) is 0 Å². The Labute approximate surface area is 196 Å². The van der Waals surface area contributed by atoms with E-state index in [1.54, 1.807) is 6.07 Å². The molecule has 2 heterocycles. The average molecular weight is 579 g/mol. The van der Waals surface area contributed by atoms with Gasteiger partial charge in [0.2, 0.25) is 0 Å². The van der Waals surface area contributed by atoms with Crippen LogP contribution in [-0.2, 0) is 26.0 Å². The number of alkyl halides is 3. The fraction of sp³-hybridized carbons (Fsp3) is 0.455. The summed E-state index contributed by atoms with van der Waals surface area (Å²) in [6.07, 6.45) is 6.81. The van der Waals surface area contributed by atoms with E-state index in [1.165, 1.54) is 17.8 Å². The number of nitrogens with zero attached hydrogens (tertiary/aromatic N) is 1. The van der Waals surface area contributed by atoms with Crippen LogP contribution in [0.3, 0.4) is 0 Å². The number of carbonyl (C=O) groups is 1. The van der Waals surface area contributed by atoms with Crippen LogP contribution in [0.2, 0.25) is 5.15 Å². The van der Waals surface area contributed by atoms with Crippen LogP contribution in [0.25, 0.3) is 0 Å². The van der Waals surface area contributed by atoms with E-state index < -0.39 is 29.8 Å². The first kappa shape index (κ1) is 24.3. The summed E-state index contributed by atoms with van der Waals surface area (Å²) in [7, 11) is -3.54. The third-order valence-electron chi connectivity index (χ3n) is 4.94. The molecule has 6 nitrogen and oxygen atoms in total. The van der Waals surface area contributed by atoms with Crippen molar-refractivity contribution in [2.75, 3.05) is 19.5 Å². The summed E-state index contributed by atoms with van der Waals surface area (Å²) >= 11 is 3.69. The van der Waals surface area contributed by atoms with Gasteiger partial charge in [-0.1, -0.05) is 0 Å². The fourth-order valence-electron chi connectivity index (χ4n) is 3.42. The molecule has 0 spiro atoms. The topological polar surface area (TPSA) is 85.4 Å². The van der Waals surface area contributed by atoms with E-state index in [9.17, 15) is 13.2 Å². The van der Waals surface area contributed by atoms with Crippen molar-refractivity contribution in [3.05, 3.63) is 59.4 Å². The number of nitrogens with one attached hydrogen (secondary N) is 1. The zero-order valence-electron chi connectivity index (χ0n) is 17.3. The number of unbranched alkanes of at least 4 members (excludes halogenated alkanes) is 1. The summed E-state index contributed by atoms with van der Waals surface area (Å²) in [6.45, 7) is 0.396. The number of aryl methyl sites for hydroxylation is 1. The second-order valence-corrected chi connectivity index (χ2v) is 16.8. The molecule has 1 N–H and O–H groups in total. The summed E-state index contributed by atoms with van der Waals surface area (Å²) in [5.74, 6) is -0.201. The van der Waals surface area contributed by atoms with E-state index in [0.29, 0.717) is 17.4 Å². The average Bonchev–Trinajstić information content (AvgIpc) is 2.75. The molecule has 3 rings (SSSR count). The Hall–Kier alpha value is -1.39. The second-order valence-electron chi connectivity index (χ2n) is 7.46. The van der Waals surface area contributed by atoms with Crippen molar-refractivity contribution in [2.45, 2.75) is 42.4 Å². The number of esters is 1. The molecule has 31 heavy (non-hydrogen) atoms. The van der Waals surface area contributed by atoms with Gasteiger partial charge in [0.1, 0.15) is 0 Å². The molecule has 1 aromatic carbocycles. The molecule has 170 valence electrons. The standard InChI is InChI=1S/C22H28ClIN2O4S/c23-21-13-12-19(16-25-21)26-31(28,29)17-24-14-6-4-11-20(24)22(27)30-15-7-5-10-18-8-2-1-3-9-18/h1-3,8-9,12-13,16,20,26H,4-7,10-11,14-15,17H2/t20-/m0/s1. The maximum atomic E-state index is 12.7. The number of rotatable bonds is 10. The van der Waals surface area contributed by atoms with Gasteiger partial charge in [0.05, 0.1) is 0 Å². The molecule has 1 fully saturated rings. The number of halogens is 2. The maximum absolute atomic E-state index is 12.7. The van der Waals surface area contributed by atoms with Crippen LogP contribution < -0.4 is 4.72 Å². The van der Waals surface area contributed by atoms with Crippen molar-refractivity contribution in [1.82, 2.24) is 4.98 Å². The van der Waals surface area contributed by atoms with Crippen LogP contribution in [0.5, 0.6) is 0 Å². The Kier molecular flexibility index (Phi) is 9.40. The zero-order chi connectivity index (χ0) is 22.1. The SMILES string of the molecule is O=C(OCCCCc1ccccc1)[C@@H]1CCCCI1CS(=O)(=O)Nc1ccc(Cl)nc1. The van der Waals surface area contributed by atoms with Crippen molar-refractivity contribution in [1.29, 1.82) is 0 Å². The van der Waals surface area contributed by atoms with Crippen molar-refractivity contribution >= 4 is 53.1 Å². The summed E-state index contributed by atoms with van der Waals surface area (Å²) in [6, 6.07) is 13.4. The second kappa shape index (κ2) is 12.0. The minimum absolute atomic E-state index is 0.0489. The van der Waals surface area contributed by atoms with Gasteiger partial charge in [-0.2, -0.15) is 0 Å². The number of carbonyl (C=O) groups excluding carboxylic acids is 1. The van der Waals surface area contributed by atoms with Crippen molar-refractivity contribution in [2.24, 2.45) is 0 Å². The molecule has 1 aliphatic heterocycles. The molecular weight excluding hydrogens is 551 g/mol. The van der Waals surface area contributed by atoms with Crippen LogP contribution in [0.15, 0.2) is 48.7 Å². The monoisotopic (exact) mass is 578 g/mol. The number of benzene rings is 1. The van der Waals surface area contributed by atoms with Crippen LogP contribution in [-0.4, -0.2) is 38.1 Å². The van der Waals surface area contributed by atoms with Crippen LogP contribution in [0.4, 0.5) is 5.69 Å². The number of hydrogen-bond acceptors (Lipinski definition) is 5. The van der Waals surface area contributed by atoms with E-state index >= 15 is 0 Å². The molecule has 0 bridgehead atoms. The minimum atomic E-state index is -3.54. The third-order valence-corrected chi connectivity index (χ3v) is 16.5. The molecule has 1 saturated heterocycles. The first-order valence-electron chi connectivity index (χ1n) is 10.4. The molecule has 1 aromatic heterocycles. The van der Waals surface area contributed by atoms with Gasteiger partial charge in [-0.3, -0.25) is 0 Å². The van der Waals surface area contributed by atoms with Crippen molar-refractivity contribution < 1.29 is 17.9 Å². The van der Waals surface area contributed by atoms with Gasteiger partial charge in [0, 0.05) is 0 Å². The van der Waals surface area contributed by atoms with E-state index in [2.05, 4.69) is 21.8 Å². The van der Waals surface area contributed by atoms with Crippen LogP contribution in [0.1, 0.15) is 37.7 Å². The molecule has 9 heteroatoms. The molecule has 2 aromatic rings. The molecule has 1 aliphatic rings. The van der Waals surface area contributed by atoms with E-state index in [-0.39, 0.29) is 13.7 Å². The first-order valence-corrected chi connectivity index (χ1v) is 16.7.